The first kappa shape index (κ1) is 16.7. The van der Waals surface area contributed by atoms with E-state index in [2.05, 4.69) is 0 Å². The molecule has 0 aliphatic carbocycles. The lowest BCUT2D eigenvalue weighted by Gasteiger charge is -2.13. The summed E-state index contributed by atoms with van der Waals surface area (Å²) in [6, 6.07) is 12.2. The van der Waals surface area contributed by atoms with Gasteiger partial charge in [-0.25, -0.2) is 4.79 Å². The van der Waals surface area contributed by atoms with E-state index >= 15 is 0 Å². The minimum Gasteiger partial charge on any atom is -0.497 e. The molecule has 0 aromatic heterocycles. The van der Waals surface area contributed by atoms with Gasteiger partial charge in [-0.2, -0.15) is 0 Å². The molecule has 0 aliphatic rings. The van der Waals surface area contributed by atoms with Crippen molar-refractivity contribution in [1.82, 2.24) is 0 Å². The molecular weight excluding hydrogens is 292 g/mol. The number of aryl methyl sites for hydroxylation is 2. The molecule has 4 heteroatoms. The number of ether oxygens (including phenoxy) is 2. The predicted molar refractivity (Wildman–Crippen MR) is 88.1 cm³/mol. The number of ketones is 1. The van der Waals surface area contributed by atoms with Crippen LogP contribution >= 0.6 is 0 Å². The smallest absolute Gasteiger partial charge is 0.338 e. The summed E-state index contributed by atoms with van der Waals surface area (Å²) in [5.41, 5.74) is 2.89. The maximum absolute atomic E-state index is 12.3. The average molecular weight is 312 g/mol. The maximum Gasteiger partial charge on any atom is 0.338 e. The molecule has 0 radical (unpaired) electrons. The van der Waals surface area contributed by atoms with Crippen LogP contribution in [-0.4, -0.2) is 25.0 Å². The van der Waals surface area contributed by atoms with Crippen molar-refractivity contribution in [2.24, 2.45) is 0 Å². The quantitative estimate of drug-likeness (QED) is 0.623. The second-order valence-corrected chi connectivity index (χ2v) is 5.52. The van der Waals surface area contributed by atoms with Crippen LogP contribution in [0.2, 0.25) is 0 Å². The molecule has 0 unspecified atom stereocenters. The van der Waals surface area contributed by atoms with Crippen molar-refractivity contribution < 1.29 is 19.1 Å². The van der Waals surface area contributed by atoms with Gasteiger partial charge in [-0.05, 0) is 57.2 Å². The molecule has 2 aromatic rings. The molecule has 0 aliphatic heterocycles. The van der Waals surface area contributed by atoms with E-state index < -0.39 is 12.1 Å². The third-order valence-corrected chi connectivity index (χ3v) is 3.48. The lowest BCUT2D eigenvalue weighted by molar-refractivity contribution is 0.0318. The molecule has 4 nitrogen and oxygen atoms in total. The topological polar surface area (TPSA) is 52.6 Å². The first-order valence-corrected chi connectivity index (χ1v) is 7.38. The molecule has 120 valence electrons. The molecule has 23 heavy (non-hydrogen) atoms. The van der Waals surface area contributed by atoms with Gasteiger partial charge in [0.1, 0.15) is 5.75 Å². The number of carbonyl (C=O) groups excluding carboxylic acids is 2. The van der Waals surface area contributed by atoms with Gasteiger partial charge in [0.25, 0.3) is 0 Å². The molecule has 0 bridgehead atoms. The Hall–Kier alpha value is -2.62. The number of Topliss-reactive ketones (excluding diaryl/α,β-unsaturated/α-hetero) is 1. The highest BCUT2D eigenvalue weighted by atomic mass is 16.5. The Morgan fingerprint density at radius 3 is 2.00 bits per heavy atom. The molecule has 0 N–H and O–H groups in total. The van der Waals surface area contributed by atoms with Crippen LogP contribution in [0.25, 0.3) is 0 Å². The fourth-order valence-corrected chi connectivity index (χ4v) is 2.36. The molecule has 0 fully saturated rings. The second kappa shape index (κ2) is 7.09. The minimum absolute atomic E-state index is 0.245. The zero-order chi connectivity index (χ0) is 17.0. The zero-order valence-corrected chi connectivity index (χ0v) is 13.8. The third-order valence-electron chi connectivity index (χ3n) is 3.48. The van der Waals surface area contributed by atoms with Crippen molar-refractivity contribution >= 4 is 11.8 Å². The number of methoxy groups -OCH3 is 1. The van der Waals surface area contributed by atoms with Crippen LogP contribution in [0.5, 0.6) is 5.75 Å². The van der Waals surface area contributed by atoms with E-state index in [1.165, 1.54) is 0 Å². The molecule has 0 heterocycles. The summed E-state index contributed by atoms with van der Waals surface area (Å²) >= 11 is 0. The number of rotatable bonds is 5. The Morgan fingerprint density at radius 2 is 1.48 bits per heavy atom. The van der Waals surface area contributed by atoms with E-state index in [0.717, 1.165) is 11.1 Å². The maximum atomic E-state index is 12.3. The highest BCUT2D eigenvalue weighted by molar-refractivity contribution is 6.01. The second-order valence-electron chi connectivity index (χ2n) is 5.52. The molecular formula is C19H20O4. The van der Waals surface area contributed by atoms with Gasteiger partial charge >= 0.3 is 5.97 Å². The number of hydrogen-bond donors (Lipinski definition) is 0. The van der Waals surface area contributed by atoms with Crippen LogP contribution in [0.3, 0.4) is 0 Å². The Labute approximate surface area is 136 Å². The zero-order valence-electron chi connectivity index (χ0n) is 13.8. The van der Waals surface area contributed by atoms with E-state index in [9.17, 15) is 9.59 Å². The van der Waals surface area contributed by atoms with Crippen molar-refractivity contribution in [3.8, 4) is 5.75 Å². The van der Waals surface area contributed by atoms with E-state index in [-0.39, 0.29) is 5.78 Å². The summed E-state index contributed by atoms with van der Waals surface area (Å²) in [5, 5.41) is 0. The summed E-state index contributed by atoms with van der Waals surface area (Å²) in [4.78, 5) is 24.5. The molecule has 2 rings (SSSR count). The lowest BCUT2D eigenvalue weighted by atomic mass is 10.1. The van der Waals surface area contributed by atoms with Gasteiger partial charge in [0.05, 0.1) is 12.7 Å². The normalized spacial score (nSPS) is 11.7. The van der Waals surface area contributed by atoms with E-state index in [1.807, 2.05) is 19.9 Å². The summed E-state index contributed by atoms with van der Waals surface area (Å²) in [7, 11) is 1.56. The molecule has 2 aromatic carbocycles. The van der Waals surface area contributed by atoms with Gasteiger partial charge in [-0.3, -0.25) is 4.79 Å². The Bertz CT molecular complexity index is 696. The summed E-state index contributed by atoms with van der Waals surface area (Å²) in [6.07, 6.45) is -0.850. The van der Waals surface area contributed by atoms with Gasteiger partial charge < -0.3 is 9.47 Å². The average Bonchev–Trinajstić information content (AvgIpc) is 2.53. The van der Waals surface area contributed by atoms with Crippen molar-refractivity contribution in [3.63, 3.8) is 0 Å². The van der Waals surface area contributed by atoms with Crippen molar-refractivity contribution in [3.05, 3.63) is 64.7 Å². The summed E-state index contributed by atoms with van der Waals surface area (Å²) < 4.78 is 10.4. The van der Waals surface area contributed by atoms with Gasteiger partial charge in [-0.15, -0.1) is 0 Å². The third kappa shape index (κ3) is 4.19. The Kier molecular flexibility index (Phi) is 5.16. The molecule has 0 saturated heterocycles. The molecule has 0 saturated carbocycles. The van der Waals surface area contributed by atoms with Crippen LogP contribution in [0.4, 0.5) is 0 Å². The first-order valence-electron chi connectivity index (χ1n) is 7.38. The first-order chi connectivity index (χ1) is 10.9. The van der Waals surface area contributed by atoms with Gasteiger partial charge in [0.15, 0.2) is 6.10 Å². The van der Waals surface area contributed by atoms with Gasteiger partial charge in [-0.1, -0.05) is 17.2 Å². The van der Waals surface area contributed by atoms with Crippen LogP contribution < -0.4 is 4.74 Å². The van der Waals surface area contributed by atoms with Gasteiger partial charge in [0.2, 0.25) is 5.78 Å². The number of carbonyl (C=O) groups is 2. The van der Waals surface area contributed by atoms with Crippen LogP contribution in [0, 0.1) is 13.8 Å². The molecule has 0 amide bonds. The van der Waals surface area contributed by atoms with E-state index in [4.69, 9.17) is 9.47 Å². The van der Waals surface area contributed by atoms with Crippen LogP contribution in [-0.2, 0) is 4.74 Å². The number of esters is 1. The van der Waals surface area contributed by atoms with Crippen molar-refractivity contribution in [1.29, 1.82) is 0 Å². The standard InChI is InChI=1S/C19H20O4/c1-12-9-13(2)11-16(10-12)19(21)23-14(3)18(20)15-5-7-17(22-4)8-6-15/h5-11,14H,1-4H3/t14-/m1/s1. The monoisotopic (exact) mass is 312 g/mol. The number of benzene rings is 2. The van der Waals surface area contributed by atoms with Crippen molar-refractivity contribution in [2.45, 2.75) is 26.9 Å². The highest BCUT2D eigenvalue weighted by Crippen LogP contribution is 2.15. The fraction of sp³-hybridized carbons (Fsp3) is 0.263. The van der Waals surface area contributed by atoms with Crippen LogP contribution in [0.1, 0.15) is 38.8 Å². The largest absolute Gasteiger partial charge is 0.497 e. The Balaban J connectivity index is 2.09. The Morgan fingerprint density at radius 1 is 0.913 bits per heavy atom. The molecule has 0 spiro atoms. The SMILES string of the molecule is COc1ccc(C(=O)[C@@H](C)OC(=O)c2cc(C)cc(C)c2)cc1. The highest BCUT2D eigenvalue weighted by Gasteiger charge is 2.20. The van der Waals surface area contributed by atoms with Crippen LogP contribution in [0.15, 0.2) is 42.5 Å². The predicted octanol–water partition coefficient (Wildman–Crippen LogP) is 3.74. The summed E-state index contributed by atoms with van der Waals surface area (Å²) in [6.45, 7) is 5.40. The van der Waals surface area contributed by atoms with Gasteiger partial charge in [0, 0.05) is 5.56 Å². The fourth-order valence-electron chi connectivity index (χ4n) is 2.36. The molecule has 1 atom stereocenters. The lowest BCUT2D eigenvalue weighted by Crippen LogP contribution is -2.24. The minimum atomic E-state index is -0.850. The van der Waals surface area contributed by atoms with E-state index in [0.29, 0.717) is 16.9 Å². The van der Waals surface area contributed by atoms with Crippen molar-refractivity contribution in [2.75, 3.05) is 7.11 Å². The number of hydrogen-bond acceptors (Lipinski definition) is 4. The van der Waals surface area contributed by atoms with E-state index in [1.54, 1.807) is 50.4 Å². The summed E-state index contributed by atoms with van der Waals surface area (Å²) in [5.74, 6) is -0.0713.